The maximum Gasteiger partial charge on any atom is 0.263 e. The molecule has 0 saturated carbocycles. The molecule has 0 spiro atoms. The van der Waals surface area contributed by atoms with Crippen LogP contribution in [0.3, 0.4) is 0 Å². The van der Waals surface area contributed by atoms with E-state index in [0.717, 1.165) is 30.5 Å². The second kappa shape index (κ2) is 8.70. The molecule has 4 nitrogen and oxygen atoms in total. The van der Waals surface area contributed by atoms with Crippen LogP contribution in [0.25, 0.3) is 10.2 Å². The summed E-state index contributed by atoms with van der Waals surface area (Å²) in [6.45, 7) is 6.74. The maximum absolute atomic E-state index is 14.2. The molecule has 148 valence electrons. The summed E-state index contributed by atoms with van der Waals surface area (Å²) >= 11 is 1.01. The van der Waals surface area contributed by atoms with Crippen LogP contribution in [0.15, 0.2) is 36.4 Å². The quantitative estimate of drug-likeness (QED) is 0.652. The van der Waals surface area contributed by atoms with E-state index < -0.39 is 23.4 Å². The Hall–Kier alpha value is -2.45. The monoisotopic (exact) mass is 408 g/mol. The van der Waals surface area contributed by atoms with Crippen LogP contribution in [0.2, 0.25) is 0 Å². The van der Waals surface area contributed by atoms with Crippen molar-refractivity contribution in [1.82, 2.24) is 4.98 Å². The van der Waals surface area contributed by atoms with Crippen molar-refractivity contribution in [2.24, 2.45) is 0 Å². The Labute approximate surface area is 165 Å². The molecule has 1 heterocycles. The molecule has 0 fully saturated rings. The van der Waals surface area contributed by atoms with Crippen LogP contribution in [0.5, 0.6) is 0 Å². The highest BCUT2D eigenvalue weighted by Gasteiger charge is 2.25. The number of nitrogens with one attached hydrogen (secondary N) is 1. The van der Waals surface area contributed by atoms with Gasteiger partial charge in [-0.3, -0.25) is 9.69 Å². The van der Waals surface area contributed by atoms with Gasteiger partial charge in [0.05, 0.1) is 36.4 Å². The topological polar surface area (TPSA) is 37.6 Å². The Morgan fingerprint density at radius 2 is 1.82 bits per heavy atom. The molecule has 1 amide bonds. The zero-order valence-corrected chi connectivity index (χ0v) is 16.5. The van der Waals surface area contributed by atoms with Crippen molar-refractivity contribution in [3.63, 3.8) is 0 Å². The molecule has 0 atom stereocenters. The van der Waals surface area contributed by atoms with E-state index >= 15 is 0 Å². The van der Waals surface area contributed by atoms with Crippen LogP contribution in [-0.4, -0.2) is 37.1 Å². The molecule has 3 rings (SSSR count). The highest BCUT2D eigenvalue weighted by molar-refractivity contribution is 7.22. The van der Waals surface area contributed by atoms with Gasteiger partial charge in [-0.05, 0) is 32.0 Å². The highest BCUT2D eigenvalue weighted by Crippen LogP contribution is 2.32. The Bertz CT molecular complexity index is 988. The minimum absolute atomic E-state index is 0.00270. The number of likely N-dealkylation sites (N-methyl/N-ethyl adjacent to an activating group) is 1. The standard InChI is InChI=1S/C20H20F3N3OS/c1-3-25(4-2)9-10-26(19(27)14-7-5-6-8-15(14)22)20-24-18-16(23)11-13(21)12-17(18)28-20/h5-8,11-12H,3-4,9-10H2,1-2H3/p+1. The number of carbonyl (C=O) groups is 1. The lowest BCUT2D eigenvalue weighted by atomic mass is 10.2. The van der Waals surface area contributed by atoms with Gasteiger partial charge < -0.3 is 4.90 Å². The van der Waals surface area contributed by atoms with Crippen LogP contribution in [0.4, 0.5) is 18.3 Å². The van der Waals surface area contributed by atoms with Crippen molar-refractivity contribution >= 4 is 32.6 Å². The van der Waals surface area contributed by atoms with Gasteiger partial charge >= 0.3 is 0 Å². The maximum atomic E-state index is 14.2. The molecule has 0 saturated heterocycles. The lowest BCUT2D eigenvalue weighted by Crippen LogP contribution is -3.12. The number of carbonyl (C=O) groups excluding carboxylic acids is 1. The van der Waals surface area contributed by atoms with Gasteiger partial charge in [-0.2, -0.15) is 0 Å². The van der Waals surface area contributed by atoms with E-state index in [2.05, 4.69) is 4.98 Å². The van der Waals surface area contributed by atoms with Crippen molar-refractivity contribution in [2.75, 3.05) is 31.1 Å². The average Bonchev–Trinajstić information content (AvgIpc) is 3.09. The zero-order valence-electron chi connectivity index (χ0n) is 15.6. The number of benzene rings is 2. The van der Waals surface area contributed by atoms with E-state index in [9.17, 15) is 18.0 Å². The molecule has 0 aliphatic rings. The van der Waals surface area contributed by atoms with Crippen LogP contribution in [0.1, 0.15) is 24.2 Å². The molecule has 2 aromatic carbocycles. The van der Waals surface area contributed by atoms with E-state index in [4.69, 9.17) is 0 Å². The molecule has 0 aliphatic carbocycles. The van der Waals surface area contributed by atoms with Crippen molar-refractivity contribution in [3.05, 3.63) is 59.4 Å². The van der Waals surface area contributed by atoms with Gasteiger partial charge in [-0.15, -0.1) is 0 Å². The largest absolute Gasteiger partial charge is 0.334 e. The Balaban J connectivity index is 2.02. The predicted molar refractivity (Wildman–Crippen MR) is 105 cm³/mol. The zero-order chi connectivity index (χ0) is 20.3. The first-order chi connectivity index (χ1) is 13.4. The molecule has 3 aromatic rings. The van der Waals surface area contributed by atoms with Crippen molar-refractivity contribution in [3.8, 4) is 0 Å². The van der Waals surface area contributed by atoms with Crippen LogP contribution < -0.4 is 9.80 Å². The predicted octanol–water partition coefficient (Wildman–Crippen LogP) is 3.29. The van der Waals surface area contributed by atoms with Crippen LogP contribution in [0, 0.1) is 17.5 Å². The van der Waals surface area contributed by atoms with Gasteiger partial charge in [0.15, 0.2) is 10.9 Å². The van der Waals surface area contributed by atoms with E-state index in [0.29, 0.717) is 11.2 Å². The van der Waals surface area contributed by atoms with Gasteiger partial charge in [0.25, 0.3) is 5.91 Å². The SMILES string of the molecule is CC[NH+](CC)CCN(C(=O)c1ccccc1F)c1nc2c(F)cc(F)cc2s1. The molecule has 28 heavy (non-hydrogen) atoms. The highest BCUT2D eigenvalue weighted by atomic mass is 32.1. The average molecular weight is 408 g/mol. The summed E-state index contributed by atoms with van der Waals surface area (Å²) in [4.78, 5) is 19.9. The Kier molecular flexibility index (Phi) is 6.31. The summed E-state index contributed by atoms with van der Waals surface area (Å²) in [6, 6.07) is 7.65. The fourth-order valence-electron chi connectivity index (χ4n) is 3.00. The third-order valence-corrected chi connectivity index (χ3v) is 5.70. The van der Waals surface area contributed by atoms with Gasteiger partial charge in [-0.1, -0.05) is 23.5 Å². The molecular weight excluding hydrogens is 387 g/mol. The molecule has 1 N–H and O–H groups in total. The third kappa shape index (κ3) is 4.18. The number of rotatable bonds is 7. The number of thiazole rings is 1. The molecule has 8 heteroatoms. The molecular formula is C20H21F3N3OS+. The lowest BCUT2D eigenvalue weighted by Gasteiger charge is -2.23. The fraction of sp³-hybridized carbons (Fsp3) is 0.300. The number of aromatic nitrogens is 1. The number of amides is 1. The lowest BCUT2D eigenvalue weighted by molar-refractivity contribution is -0.894. The number of hydrogen-bond acceptors (Lipinski definition) is 3. The van der Waals surface area contributed by atoms with E-state index in [1.165, 1.54) is 34.1 Å². The van der Waals surface area contributed by atoms with Crippen molar-refractivity contribution in [2.45, 2.75) is 13.8 Å². The normalized spacial score (nSPS) is 11.4. The number of halogens is 3. The first kappa shape index (κ1) is 20.3. The molecule has 1 aromatic heterocycles. The summed E-state index contributed by atoms with van der Waals surface area (Å²) in [7, 11) is 0. The first-order valence-electron chi connectivity index (χ1n) is 9.10. The molecule has 0 unspecified atom stereocenters. The van der Waals surface area contributed by atoms with Crippen LogP contribution in [-0.2, 0) is 0 Å². The first-order valence-corrected chi connectivity index (χ1v) is 9.91. The fourth-order valence-corrected chi connectivity index (χ4v) is 4.03. The second-order valence-corrected chi connectivity index (χ2v) is 7.38. The minimum atomic E-state index is -0.787. The number of anilines is 1. The molecule has 0 bridgehead atoms. The van der Waals surface area contributed by atoms with Gasteiger partial charge in [-0.25, -0.2) is 18.2 Å². The summed E-state index contributed by atoms with van der Waals surface area (Å²) < 4.78 is 42.1. The molecule has 0 radical (unpaired) electrons. The van der Waals surface area contributed by atoms with E-state index in [1.54, 1.807) is 6.07 Å². The number of hydrogen-bond donors (Lipinski definition) is 1. The van der Waals surface area contributed by atoms with Gasteiger partial charge in [0.2, 0.25) is 0 Å². The minimum Gasteiger partial charge on any atom is -0.334 e. The van der Waals surface area contributed by atoms with Gasteiger partial charge in [0.1, 0.15) is 17.2 Å². The Morgan fingerprint density at radius 1 is 1.11 bits per heavy atom. The van der Waals surface area contributed by atoms with Crippen molar-refractivity contribution < 1.29 is 22.9 Å². The summed E-state index contributed by atoms with van der Waals surface area (Å²) in [5.74, 6) is -2.68. The number of nitrogens with zero attached hydrogens (tertiary/aromatic N) is 2. The number of quaternary nitrogens is 1. The Morgan fingerprint density at radius 3 is 2.50 bits per heavy atom. The summed E-state index contributed by atoms with van der Waals surface area (Å²) in [5.41, 5.74) is -0.0779. The third-order valence-electron chi connectivity index (χ3n) is 4.67. The molecule has 0 aliphatic heterocycles. The number of fused-ring (bicyclic) bond motifs is 1. The second-order valence-electron chi connectivity index (χ2n) is 6.37. The smallest absolute Gasteiger partial charge is 0.263 e. The van der Waals surface area contributed by atoms with Crippen LogP contribution >= 0.6 is 11.3 Å². The van der Waals surface area contributed by atoms with Gasteiger partial charge in [0, 0.05) is 6.07 Å². The summed E-state index contributed by atoms with van der Waals surface area (Å²) in [5, 5.41) is 0.222. The van der Waals surface area contributed by atoms with Crippen molar-refractivity contribution in [1.29, 1.82) is 0 Å². The summed E-state index contributed by atoms with van der Waals surface area (Å²) in [6.07, 6.45) is 0. The van der Waals surface area contributed by atoms with E-state index in [-0.39, 0.29) is 22.8 Å². The van der Waals surface area contributed by atoms with E-state index in [1.807, 2.05) is 13.8 Å².